The molecule has 1 aromatic heterocycles. The monoisotopic (exact) mass is 570 g/mol. The smallest absolute Gasteiger partial charge is 0.256 e. The number of rotatable bonds is 10. The molecular weight excluding hydrogens is 541 g/mol. The molecule has 1 aliphatic heterocycles. The summed E-state index contributed by atoms with van der Waals surface area (Å²) in [6, 6.07) is 21.7. The number of fused-ring (bicyclic) bond motifs is 2. The number of nitrogens with one attached hydrogen (secondary N) is 2. The van der Waals surface area contributed by atoms with Crippen molar-refractivity contribution in [3.05, 3.63) is 88.9 Å². The van der Waals surface area contributed by atoms with Crippen LogP contribution in [-0.4, -0.2) is 47.9 Å². The molecule has 204 valence electrons. The van der Waals surface area contributed by atoms with Gasteiger partial charge in [-0.05, 0) is 80.9 Å². The molecule has 1 aliphatic carbocycles. The number of benzene rings is 3. The molecule has 0 atom stereocenters. The molecule has 9 heteroatoms. The molecule has 40 heavy (non-hydrogen) atoms. The van der Waals surface area contributed by atoms with E-state index in [1.165, 1.54) is 24.6 Å². The highest BCUT2D eigenvalue weighted by molar-refractivity contribution is 7.99. The lowest BCUT2D eigenvalue weighted by Gasteiger charge is -2.15. The first-order valence-corrected chi connectivity index (χ1v) is 15.1. The number of amides is 2. The van der Waals surface area contributed by atoms with Crippen LogP contribution >= 0.6 is 23.1 Å². The van der Waals surface area contributed by atoms with E-state index >= 15 is 0 Å². The van der Waals surface area contributed by atoms with Crippen molar-refractivity contribution in [1.82, 2.24) is 15.2 Å². The molecule has 2 amide bonds. The summed E-state index contributed by atoms with van der Waals surface area (Å²) in [5, 5.41) is 6.81. The first-order valence-electron chi connectivity index (χ1n) is 13.4. The molecule has 1 fully saturated rings. The van der Waals surface area contributed by atoms with Crippen LogP contribution in [0.3, 0.4) is 0 Å². The third-order valence-corrected chi connectivity index (χ3v) is 9.21. The molecule has 0 radical (unpaired) electrons. The van der Waals surface area contributed by atoms with Gasteiger partial charge >= 0.3 is 0 Å². The maximum atomic E-state index is 12.9. The molecule has 7 nitrogen and oxygen atoms in total. The van der Waals surface area contributed by atoms with E-state index in [-0.39, 0.29) is 11.8 Å². The Morgan fingerprint density at radius 3 is 2.75 bits per heavy atom. The van der Waals surface area contributed by atoms with Crippen molar-refractivity contribution in [2.45, 2.75) is 41.6 Å². The lowest BCUT2D eigenvalue weighted by atomic mass is 10.1. The molecule has 2 aliphatic rings. The molecule has 4 aromatic rings. The van der Waals surface area contributed by atoms with Crippen LogP contribution in [-0.2, 0) is 6.54 Å². The zero-order chi connectivity index (χ0) is 27.5. The van der Waals surface area contributed by atoms with Crippen LogP contribution in [0.5, 0.6) is 5.75 Å². The van der Waals surface area contributed by atoms with Gasteiger partial charge in [-0.2, -0.15) is 0 Å². The van der Waals surface area contributed by atoms with E-state index in [4.69, 9.17) is 4.74 Å². The fourth-order valence-electron chi connectivity index (χ4n) is 4.60. The summed E-state index contributed by atoms with van der Waals surface area (Å²) >= 11 is 3.07. The highest BCUT2D eigenvalue weighted by Gasteiger charge is 2.25. The number of ether oxygens (including phenoxy) is 1. The van der Waals surface area contributed by atoms with Crippen molar-refractivity contribution in [1.29, 1.82) is 0 Å². The van der Waals surface area contributed by atoms with Gasteiger partial charge in [-0.25, -0.2) is 4.98 Å². The lowest BCUT2D eigenvalue weighted by Crippen LogP contribution is -2.23. The van der Waals surface area contributed by atoms with Crippen molar-refractivity contribution in [2.24, 2.45) is 0 Å². The fraction of sp³-hybridized carbons (Fsp3) is 0.258. The van der Waals surface area contributed by atoms with E-state index in [9.17, 15) is 9.59 Å². The van der Waals surface area contributed by atoms with Crippen LogP contribution in [0.15, 0.2) is 82.7 Å². The third kappa shape index (κ3) is 6.22. The third-order valence-electron chi connectivity index (χ3n) is 7.01. The van der Waals surface area contributed by atoms with Crippen molar-refractivity contribution in [3.8, 4) is 16.3 Å². The van der Waals surface area contributed by atoms with Crippen LogP contribution in [0, 0.1) is 0 Å². The highest BCUT2D eigenvalue weighted by Crippen LogP contribution is 2.39. The van der Waals surface area contributed by atoms with Crippen LogP contribution in [0.1, 0.15) is 44.9 Å². The Labute approximate surface area is 242 Å². The standard InChI is InChI=1S/C31H30N4O3S2/c1-35(22-10-11-22)15-4-16-38-23-12-7-20(8-13-23)31-33-19-24(39-31)18-32-29(36)21-9-14-28-26(17-21)34-30(37)25-5-2-3-6-27(25)40-28/h2-3,5-9,12-14,17,19,22H,4,10-11,15-16,18H2,1H3,(H,32,36)(H,34,37). The average molecular weight is 571 g/mol. The fourth-order valence-corrected chi connectivity index (χ4v) is 6.46. The molecule has 0 unspecified atom stereocenters. The van der Waals surface area contributed by atoms with Crippen molar-refractivity contribution in [2.75, 3.05) is 25.5 Å². The Kier molecular flexibility index (Phi) is 7.86. The minimum absolute atomic E-state index is 0.173. The molecule has 2 heterocycles. The highest BCUT2D eigenvalue weighted by atomic mass is 32.2. The summed E-state index contributed by atoms with van der Waals surface area (Å²) in [5.74, 6) is 0.484. The van der Waals surface area contributed by atoms with Gasteiger partial charge < -0.3 is 20.3 Å². The van der Waals surface area contributed by atoms with Crippen LogP contribution < -0.4 is 15.4 Å². The minimum atomic E-state index is -0.205. The molecule has 0 saturated heterocycles. The van der Waals surface area contributed by atoms with E-state index in [0.29, 0.717) is 30.0 Å². The number of nitrogens with zero attached hydrogens (tertiary/aromatic N) is 2. The van der Waals surface area contributed by atoms with Gasteiger partial charge in [0, 0.05) is 44.6 Å². The summed E-state index contributed by atoms with van der Waals surface area (Å²) in [7, 11) is 2.19. The SMILES string of the molecule is CN(CCCOc1ccc(-c2ncc(CNC(=O)c3ccc4c(c3)NC(=O)c3ccccc3S4)s2)cc1)C1CC1. The Morgan fingerprint density at radius 1 is 1.10 bits per heavy atom. The summed E-state index contributed by atoms with van der Waals surface area (Å²) < 4.78 is 5.91. The second-order valence-corrected chi connectivity index (χ2v) is 12.2. The number of anilines is 1. The second kappa shape index (κ2) is 11.8. The quantitative estimate of drug-likeness (QED) is 0.217. The molecule has 1 saturated carbocycles. The number of thiazole rings is 1. The first kappa shape index (κ1) is 26.6. The summed E-state index contributed by atoms with van der Waals surface area (Å²) in [6.45, 7) is 2.15. The van der Waals surface area contributed by atoms with E-state index < -0.39 is 0 Å². The normalized spacial score (nSPS) is 14.2. The number of hydrogen-bond donors (Lipinski definition) is 2. The van der Waals surface area contributed by atoms with Gasteiger partial charge in [-0.15, -0.1) is 11.3 Å². The van der Waals surface area contributed by atoms with Crippen LogP contribution in [0.25, 0.3) is 10.6 Å². The predicted octanol–water partition coefficient (Wildman–Crippen LogP) is 6.32. The largest absolute Gasteiger partial charge is 0.494 e. The molecular formula is C31H30N4O3S2. The maximum Gasteiger partial charge on any atom is 0.256 e. The van der Waals surface area contributed by atoms with Gasteiger partial charge in [0.25, 0.3) is 11.8 Å². The van der Waals surface area contributed by atoms with Gasteiger partial charge in [-0.3, -0.25) is 9.59 Å². The van der Waals surface area contributed by atoms with Gasteiger partial charge in [-0.1, -0.05) is 23.9 Å². The Bertz CT molecular complexity index is 1530. The van der Waals surface area contributed by atoms with E-state index in [0.717, 1.165) is 50.0 Å². The van der Waals surface area contributed by atoms with E-state index in [1.54, 1.807) is 35.7 Å². The molecule has 0 spiro atoms. The van der Waals surface area contributed by atoms with Crippen LogP contribution in [0.4, 0.5) is 5.69 Å². The van der Waals surface area contributed by atoms with E-state index in [1.807, 2.05) is 48.5 Å². The number of carbonyl (C=O) groups is 2. The van der Waals surface area contributed by atoms with Crippen LogP contribution in [0.2, 0.25) is 0 Å². The van der Waals surface area contributed by atoms with Gasteiger partial charge in [0.2, 0.25) is 0 Å². The Morgan fingerprint density at radius 2 is 1.93 bits per heavy atom. The second-order valence-electron chi connectivity index (χ2n) is 10.0. The van der Waals surface area contributed by atoms with Gasteiger partial charge in [0.1, 0.15) is 10.8 Å². The minimum Gasteiger partial charge on any atom is -0.494 e. The molecule has 6 rings (SSSR count). The zero-order valence-corrected chi connectivity index (χ0v) is 23.8. The van der Waals surface area contributed by atoms with Gasteiger partial charge in [0.15, 0.2) is 0 Å². The lowest BCUT2D eigenvalue weighted by molar-refractivity contribution is 0.0949. The molecule has 0 bridgehead atoms. The summed E-state index contributed by atoms with van der Waals surface area (Å²) in [6.07, 6.45) is 5.47. The van der Waals surface area contributed by atoms with Gasteiger partial charge in [0.05, 0.1) is 24.4 Å². The van der Waals surface area contributed by atoms with E-state index in [2.05, 4.69) is 27.6 Å². The number of carbonyl (C=O) groups excluding carboxylic acids is 2. The van der Waals surface area contributed by atoms with Crippen molar-refractivity contribution >= 4 is 40.6 Å². The van der Waals surface area contributed by atoms with Crippen molar-refractivity contribution < 1.29 is 14.3 Å². The summed E-state index contributed by atoms with van der Waals surface area (Å²) in [4.78, 5) is 35.3. The average Bonchev–Trinajstić information content (AvgIpc) is 3.75. The first-order chi connectivity index (χ1) is 19.5. The summed E-state index contributed by atoms with van der Waals surface area (Å²) in [5.41, 5.74) is 2.77. The van der Waals surface area contributed by atoms with Crippen molar-refractivity contribution in [3.63, 3.8) is 0 Å². The Hall–Kier alpha value is -3.66. The Balaban J connectivity index is 1.02. The predicted molar refractivity (Wildman–Crippen MR) is 159 cm³/mol. The zero-order valence-electron chi connectivity index (χ0n) is 22.2. The maximum absolute atomic E-state index is 12.9. The topological polar surface area (TPSA) is 83.6 Å². The molecule has 2 N–H and O–H groups in total. The number of aromatic nitrogens is 1. The molecule has 3 aromatic carbocycles. The number of hydrogen-bond acceptors (Lipinski definition) is 7.